The zero-order valence-electron chi connectivity index (χ0n) is 12.0. The summed E-state index contributed by atoms with van der Waals surface area (Å²) in [6.45, 7) is 6.43. The first-order valence-electron chi connectivity index (χ1n) is 6.92. The van der Waals surface area contributed by atoms with E-state index in [4.69, 9.17) is 9.47 Å². The number of amides is 2. The van der Waals surface area contributed by atoms with Crippen LogP contribution in [-0.2, 0) is 9.47 Å². The van der Waals surface area contributed by atoms with Gasteiger partial charge in [0.1, 0.15) is 0 Å². The molecule has 2 amide bonds. The van der Waals surface area contributed by atoms with Crippen molar-refractivity contribution in [3.8, 4) is 0 Å². The first kappa shape index (κ1) is 15.3. The monoisotopic (exact) mass is 298 g/mol. The van der Waals surface area contributed by atoms with Gasteiger partial charge in [-0.3, -0.25) is 0 Å². The van der Waals surface area contributed by atoms with Crippen molar-refractivity contribution in [2.75, 3.05) is 26.3 Å². The third-order valence-electron chi connectivity index (χ3n) is 3.36. The van der Waals surface area contributed by atoms with E-state index in [1.54, 1.807) is 11.3 Å². The zero-order chi connectivity index (χ0) is 14.4. The van der Waals surface area contributed by atoms with Gasteiger partial charge in [-0.2, -0.15) is 0 Å². The summed E-state index contributed by atoms with van der Waals surface area (Å²) in [5, 5.41) is 7.76. The van der Waals surface area contributed by atoms with Crippen LogP contribution in [0.4, 0.5) is 4.79 Å². The molecule has 2 heterocycles. The molecule has 1 aromatic rings. The van der Waals surface area contributed by atoms with Crippen LogP contribution >= 0.6 is 11.3 Å². The van der Waals surface area contributed by atoms with Gasteiger partial charge >= 0.3 is 6.03 Å². The van der Waals surface area contributed by atoms with Crippen molar-refractivity contribution in [3.05, 3.63) is 22.4 Å². The van der Waals surface area contributed by atoms with Crippen molar-refractivity contribution < 1.29 is 14.3 Å². The Kier molecular flexibility index (Phi) is 5.39. The molecular formula is C14H22N2O3S. The van der Waals surface area contributed by atoms with Gasteiger partial charge in [0.05, 0.1) is 13.2 Å². The number of thiophene rings is 1. The maximum absolute atomic E-state index is 11.7. The summed E-state index contributed by atoms with van der Waals surface area (Å²) in [5.74, 6) is -0.211. The van der Waals surface area contributed by atoms with E-state index < -0.39 is 5.79 Å². The number of rotatable bonds is 6. The molecule has 1 atom stereocenters. The minimum atomic E-state index is -0.544. The summed E-state index contributed by atoms with van der Waals surface area (Å²) >= 11 is 1.71. The van der Waals surface area contributed by atoms with E-state index in [0.717, 1.165) is 0 Å². The lowest BCUT2D eigenvalue weighted by molar-refractivity contribution is -0.145. The second kappa shape index (κ2) is 7.06. The van der Waals surface area contributed by atoms with Crippen molar-refractivity contribution in [1.29, 1.82) is 0 Å². The molecular weight excluding hydrogens is 276 g/mol. The van der Waals surface area contributed by atoms with Crippen LogP contribution in [-0.4, -0.2) is 38.1 Å². The highest BCUT2D eigenvalue weighted by Gasteiger charge is 2.30. The first-order valence-corrected chi connectivity index (χ1v) is 7.80. The van der Waals surface area contributed by atoms with E-state index in [1.807, 2.05) is 18.4 Å². The topological polar surface area (TPSA) is 59.6 Å². The molecule has 5 nitrogen and oxygen atoms in total. The quantitative estimate of drug-likeness (QED) is 0.847. The summed E-state index contributed by atoms with van der Waals surface area (Å²) in [6, 6.07) is 3.97. The molecule has 0 aromatic carbocycles. The van der Waals surface area contributed by atoms with E-state index in [-0.39, 0.29) is 6.03 Å². The highest BCUT2D eigenvalue weighted by molar-refractivity contribution is 7.10. The fourth-order valence-electron chi connectivity index (χ4n) is 2.08. The molecule has 112 valence electrons. The Hall–Kier alpha value is -1.11. The van der Waals surface area contributed by atoms with Crippen LogP contribution in [0.5, 0.6) is 0 Å². The van der Waals surface area contributed by atoms with Crippen LogP contribution in [0.2, 0.25) is 0 Å². The Morgan fingerprint density at radius 1 is 1.45 bits per heavy atom. The second-order valence-electron chi connectivity index (χ2n) is 5.13. The molecule has 0 aliphatic carbocycles. The van der Waals surface area contributed by atoms with Crippen molar-refractivity contribution in [3.63, 3.8) is 0 Å². The molecule has 1 aromatic heterocycles. The number of carbonyl (C=O) groups excluding carboxylic acids is 1. The lowest BCUT2D eigenvalue weighted by atomic mass is 10.1. The Bertz CT molecular complexity index is 416. The molecule has 0 spiro atoms. The van der Waals surface area contributed by atoms with Crippen LogP contribution in [0.1, 0.15) is 31.1 Å². The SMILES string of the molecule is CC(CNC(=O)NCCC1(C)OCCO1)c1cccs1. The summed E-state index contributed by atoms with van der Waals surface area (Å²) in [4.78, 5) is 13.0. The summed E-state index contributed by atoms with van der Waals surface area (Å²) in [7, 11) is 0. The Labute approximate surface area is 123 Å². The third-order valence-corrected chi connectivity index (χ3v) is 4.46. The van der Waals surface area contributed by atoms with Crippen LogP contribution in [0.3, 0.4) is 0 Å². The Morgan fingerprint density at radius 3 is 2.85 bits per heavy atom. The molecule has 1 unspecified atom stereocenters. The van der Waals surface area contributed by atoms with Crippen LogP contribution < -0.4 is 10.6 Å². The molecule has 6 heteroatoms. The lowest BCUT2D eigenvalue weighted by Gasteiger charge is -2.22. The van der Waals surface area contributed by atoms with Gasteiger partial charge in [-0.15, -0.1) is 11.3 Å². The average molecular weight is 298 g/mol. The van der Waals surface area contributed by atoms with Gasteiger partial charge in [-0.05, 0) is 18.4 Å². The molecule has 0 saturated carbocycles. The Balaban J connectivity index is 1.61. The fourth-order valence-corrected chi connectivity index (χ4v) is 2.87. The molecule has 2 N–H and O–H groups in total. The zero-order valence-corrected chi connectivity index (χ0v) is 12.8. The molecule has 2 rings (SSSR count). The molecule has 1 fully saturated rings. The van der Waals surface area contributed by atoms with Crippen molar-refractivity contribution in [1.82, 2.24) is 10.6 Å². The second-order valence-corrected chi connectivity index (χ2v) is 6.11. The Morgan fingerprint density at radius 2 is 2.20 bits per heavy atom. The van der Waals surface area contributed by atoms with Gasteiger partial charge in [0, 0.05) is 30.3 Å². The lowest BCUT2D eigenvalue weighted by Crippen LogP contribution is -2.40. The predicted octanol–water partition coefficient (Wildman–Crippen LogP) is 2.30. The number of hydrogen-bond donors (Lipinski definition) is 2. The first-order chi connectivity index (χ1) is 9.59. The van der Waals surface area contributed by atoms with Crippen LogP contribution in [0.15, 0.2) is 17.5 Å². The van der Waals surface area contributed by atoms with Gasteiger partial charge in [-0.25, -0.2) is 4.79 Å². The predicted molar refractivity (Wildman–Crippen MR) is 79.1 cm³/mol. The number of hydrogen-bond acceptors (Lipinski definition) is 4. The van der Waals surface area contributed by atoms with Crippen LogP contribution in [0, 0.1) is 0 Å². The third kappa shape index (κ3) is 4.47. The number of urea groups is 1. The van der Waals surface area contributed by atoms with E-state index >= 15 is 0 Å². The summed E-state index contributed by atoms with van der Waals surface area (Å²) < 4.78 is 11.0. The number of ether oxygens (including phenoxy) is 2. The highest BCUT2D eigenvalue weighted by atomic mass is 32.1. The van der Waals surface area contributed by atoms with Crippen molar-refractivity contribution >= 4 is 17.4 Å². The van der Waals surface area contributed by atoms with E-state index in [1.165, 1.54) is 4.88 Å². The smallest absolute Gasteiger partial charge is 0.314 e. The average Bonchev–Trinajstić information content (AvgIpc) is 3.07. The van der Waals surface area contributed by atoms with Gasteiger partial charge in [0.15, 0.2) is 5.79 Å². The molecule has 20 heavy (non-hydrogen) atoms. The van der Waals surface area contributed by atoms with E-state index in [0.29, 0.717) is 38.6 Å². The maximum Gasteiger partial charge on any atom is 0.314 e. The van der Waals surface area contributed by atoms with Gasteiger partial charge in [0.2, 0.25) is 0 Å². The van der Waals surface area contributed by atoms with Crippen molar-refractivity contribution in [2.24, 2.45) is 0 Å². The minimum Gasteiger partial charge on any atom is -0.348 e. The molecule has 1 saturated heterocycles. The van der Waals surface area contributed by atoms with E-state index in [9.17, 15) is 4.79 Å². The standard InChI is InChI=1S/C14H22N2O3S/c1-11(12-4-3-9-20-12)10-16-13(17)15-6-5-14(2)18-7-8-19-14/h3-4,9,11H,5-8,10H2,1-2H3,(H2,15,16,17). The summed E-state index contributed by atoms with van der Waals surface area (Å²) in [6.07, 6.45) is 0.654. The maximum atomic E-state index is 11.7. The van der Waals surface area contributed by atoms with Gasteiger partial charge < -0.3 is 20.1 Å². The van der Waals surface area contributed by atoms with Crippen molar-refractivity contribution in [2.45, 2.75) is 32.0 Å². The van der Waals surface area contributed by atoms with Gasteiger partial charge in [0.25, 0.3) is 0 Å². The molecule has 1 aliphatic rings. The fraction of sp³-hybridized carbons (Fsp3) is 0.643. The molecule has 1 aliphatic heterocycles. The van der Waals surface area contributed by atoms with E-state index in [2.05, 4.69) is 23.6 Å². The highest BCUT2D eigenvalue weighted by Crippen LogP contribution is 2.21. The van der Waals surface area contributed by atoms with Gasteiger partial charge in [-0.1, -0.05) is 13.0 Å². The minimum absolute atomic E-state index is 0.144. The number of nitrogens with one attached hydrogen (secondary N) is 2. The normalized spacial score (nSPS) is 18.7. The van der Waals surface area contributed by atoms with Crippen LogP contribution in [0.25, 0.3) is 0 Å². The molecule has 0 radical (unpaired) electrons. The molecule has 0 bridgehead atoms. The largest absolute Gasteiger partial charge is 0.348 e. The number of carbonyl (C=O) groups is 1. The summed E-state index contributed by atoms with van der Waals surface area (Å²) in [5.41, 5.74) is 0.